The van der Waals surface area contributed by atoms with E-state index in [9.17, 15) is 8.42 Å². The number of guanidine groups is 1. The Balaban J connectivity index is 0.00000338. The van der Waals surface area contributed by atoms with Gasteiger partial charge in [-0.2, -0.15) is 0 Å². The number of sulfone groups is 1. The molecule has 0 atom stereocenters. The summed E-state index contributed by atoms with van der Waals surface area (Å²) in [5.74, 6) is 0.828. The zero-order valence-corrected chi connectivity index (χ0v) is 19.2. The molecule has 0 amide bonds. The van der Waals surface area contributed by atoms with Gasteiger partial charge in [0.15, 0.2) is 15.8 Å². The van der Waals surface area contributed by atoms with Gasteiger partial charge in [0.2, 0.25) is 0 Å². The summed E-state index contributed by atoms with van der Waals surface area (Å²) in [5, 5.41) is 6.80. The molecule has 0 aromatic heterocycles. The average Bonchev–Trinajstić information content (AvgIpc) is 3.06. The normalized spacial score (nSPS) is 16.8. The Labute approximate surface area is 175 Å². The minimum atomic E-state index is -3.15. The van der Waals surface area contributed by atoms with Crippen LogP contribution in [0, 0.1) is 5.41 Å². The molecule has 1 aliphatic carbocycles. The molecular formula is C19H32IN3O2S. The molecule has 0 saturated heterocycles. The predicted octanol–water partition coefficient (Wildman–Crippen LogP) is 3.73. The fourth-order valence-electron chi connectivity index (χ4n) is 3.41. The maximum absolute atomic E-state index is 11.5. The summed E-state index contributed by atoms with van der Waals surface area (Å²) in [6.07, 6.45) is 7.67. The van der Waals surface area contributed by atoms with Gasteiger partial charge in [0.25, 0.3) is 0 Å². The van der Waals surface area contributed by atoms with Crippen molar-refractivity contribution < 1.29 is 8.42 Å². The highest BCUT2D eigenvalue weighted by atomic mass is 127. The first-order valence-electron chi connectivity index (χ1n) is 9.20. The number of halogens is 1. The Morgan fingerprint density at radius 3 is 2.23 bits per heavy atom. The van der Waals surface area contributed by atoms with Crippen molar-refractivity contribution in [2.75, 3.05) is 19.3 Å². The lowest BCUT2D eigenvalue weighted by molar-refractivity contribution is 0.283. The van der Waals surface area contributed by atoms with Crippen LogP contribution >= 0.6 is 24.0 Å². The van der Waals surface area contributed by atoms with Gasteiger partial charge >= 0.3 is 0 Å². The molecule has 0 aliphatic heterocycles. The van der Waals surface area contributed by atoms with Gasteiger partial charge in [-0.25, -0.2) is 13.4 Å². The van der Waals surface area contributed by atoms with E-state index in [1.54, 1.807) is 12.1 Å². The number of hydrogen-bond acceptors (Lipinski definition) is 3. The molecule has 2 N–H and O–H groups in total. The van der Waals surface area contributed by atoms with E-state index in [2.05, 4.69) is 29.5 Å². The van der Waals surface area contributed by atoms with Crippen molar-refractivity contribution in [3.05, 3.63) is 29.8 Å². The third kappa shape index (κ3) is 6.72. The predicted molar refractivity (Wildman–Crippen MR) is 119 cm³/mol. The lowest BCUT2D eigenvalue weighted by Gasteiger charge is -2.28. The fraction of sp³-hybridized carbons (Fsp3) is 0.632. The monoisotopic (exact) mass is 493 g/mol. The second kappa shape index (κ2) is 10.5. The molecule has 0 heterocycles. The van der Waals surface area contributed by atoms with Crippen molar-refractivity contribution >= 4 is 39.8 Å². The summed E-state index contributed by atoms with van der Waals surface area (Å²) in [4.78, 5) is 4.99. The van der Waals surface area contributed by atoms with E-state index in [-0.39, 0.29) is 24.0 Å². The number of nitrogens with zero attached hydrogens (tertiary/aromatic N) is 1. The van der Waals surface area contributed by atoms with Crippen molar-refractivity contribution in [2.45, 2.75) is 57.4 Å². The lowest BCUT2D eigenvalue weighted by atomic mass is 9.83. The third-order valence-electron chi connectivity index (χ3n) is 5.16. The molecule has 1 fully saturated rings. The molecule has 0 bridgehead atoms. The van der Waals surface area contributed by atoms with Gasteiger partial charge in [-0.1, -0.05) is 31.9 Å². The van der Waals surface area contributed by atoms with Gasteiger partial charge in [0.05, 0.1) is 11.4 Å². The van der Waals surface area contributed by atoms with Crippen LogP contribution in [0.1, 0.15) is 51.5 Å². The highest BCUT2D eigenvalue weighted by molar-refractivity contribution is 14.0. The van der Waals surface area contributed by atoms with Crippen LogP contribution in [0.3, 0.4) is 0 Å². The standard InChI is InChI=1S/C19H31N3O2S.HI/c1-4-19(12-6-7-13-19)15-22-18(20-5-2)21-14-16-8-10-17(11-9-16)25(3,23)24;/h8-11H,4-7,12-15H2,1-3H3,(H2,20,21,22);1H. The Morgan fingerprint density at radius 1 is 1.12 bits per heavy atom. The largest absolute Gasteiger partial charge is 0.357 e. The summed E-state index contributed by atoms with van der Waals surface area (Å²) in [5.41, 5.74) is 1.41. The van der Waals surface area contributed by atoms with Crippen molar-refractivity contribution in [3.8, 4) is 0 Å². The Kier molecular flexibility index (Phi) is 9.36. The van der Waals surface area contributed by atoms with E-state index in [0.717, 1.165) is 24.6 Å². The highest BCUT2D eigenvalue weighted by Gasteiger charge is 2.31. The molecule has 5 nitrogen and oxygen atoms in total. The molecule has 1 aromatic rings. The SMILES string of the molecule is CCNC(=NCc1ccc(S(C)(=O)=O)cc1)NCC1(CC)CCCC1.I. The molecule has 7 heteroatoms. The molecule has 1 aliphatic rings. The summed E-state index contributed by atoms with van der Waals surface area (Å²) < 4.78 is 23.0. The lowest BCUT2D eigenvalue weighted by Crippen LogP contribution is -2.42. The van der Waals surface area contributed by atoms with Crippen LogP contribution in [-0.4, -0.2) is 33.7 Å². The summed E-state index contributed by atoms with van der Waals surface area (Å²) in [6, 6.07) is 6.94. The van der Waals surface area contributed by atoms with E-state index in [4.69, 9.17) is 0 Å². The number of rotatable bonds is 7. The molecular weight excluding hydrogens is 461 g/mol. The number of nitrogens with one attached hydrogen (secondary N) is 2. The van der Waals surface area contributed by atoms with Gasteiger partial charge in [0, 0.05) is 19.3 Å². The maximum Gasteiger partial charge on any atom is 0.191 e. The quantitative estimate of drug-likeness (QED) is 0.345. The zero-order valence-electron chi connectivity index (χ0n) is 16.0. The summed E-state index contributed by atoms with van der Waals surface area (Å²) in [6.45, 7) is 6.64. The Hall–Kier alpha value is -0.830. The molecule has 0 radical (unpaired) electrons. The molecule has 0 spiro atoms. The first kappa shape index (κ1) is 23.2. The van der Waals surface area contributed by atoms with Gasteiger partial charge in [-0.15, -0.1) is 24.0 Å². The molecule has 26 heavy (non-hydrogen) atoms. The minimum absolute atomic E-state index is 0. The van der Waals surface area contributed by atoms with Crippen LogP contribution in [0.5, 0.6) is 0 Å². The van der Waals surface area contributed by atoms with Crippen LogP contribution in [-0.2, 0) is 16.4 Å². The van der Waals surface area contributed by atoms with Crippen LogP contribution in [0.4, 0.5) is 0 Å². The molecule has 1 saturated carbocycles. The van der Waals surface area contributed by atoms with Crippen LogP contribution in [0.15, 0.2) is 34.2 Å². The fourth-order valence-corrected chi connectivity index (χ4v) is 4.04. The second-order valence-electron chi connectivity index (χ2n) is 7.03. The van der Waals surface area contributed by atoms with E-state index in [0.29, 0.717) is 16.9 Å². The van der Waals surface area contributed by atoms with Crippen LogP contribution < -0.4 is 10.6 Å². The van der Waals surface area contributed by atoms with E-state index in [1.165, 1.54) is 38.4 Å². The van der Waals surface area contributed by atoms with Gasteiger partial charge < -0.3 is 10.6 Å². The maximum atomic E-state index is 11.5. The first-order chi connectivity index (χ1) is 11.9. The average molecular weight is 493 g/mol. The Morgan fingerprint density at radius 2 is 1.73 bits per heavy atom. The Bertz CT molecular complexity index is 681. The van der Waals surface area contributed by atoms with Crippen LogP contribution in [0.2, 0.25) is 0 Å². The van der Waals surface area contributed by atoms with Crippen molar-refractivity contribution in [3.63, 3.8) is 0 Å². The molecule has 0 unspecified atom stereocenters. The van der Waals surface area contributed by atoms with Gasteiger partial charge in [0.1, 0.15) is 0 Å². The molecule has 148 valence electrons. The second-order valence-corrected chi connectivity index (χ2v) is 9.04. The molecule has 2 rings (SSSR count). The molecule has 1 aromatic carbocycles. The topological polar surface area (TPSA) is 70.6 Å². The zero-order chi connectivity index (χ0) is 18.3. The summed E-state index contributed by atoms with van der Waals surface area (Å²) >= 11 is 0. The third-order valence-corrected chi connectivity index (χ3v) is 6.29. The minimum Gasteiger partial charge on any atom is -0.357 e. The van der Waals surface area contributed by atoms with E-state index >= 15 is 0 Å². The van der Waals surface area contributed by atoms with Gasteiger partial charge in [-0.3, -0.25) is 0 Å². The number of aliphatic imine (C=N–C) groups is 1. The van der Waals surface area contributed by atoms with E-state index < -0.39 is 9.84 Å². The van der Waals surface area contributed by atoms with E-state index in [1.807, 2.05) is 12.1 Å². The van der Waals surface area contributed by atoms with Crippen molar-refractivity contribution in [1.82, 2.24) is 10.6 Å². The van der Waals surface area contributed by atoms with Crippen molar-refractivity contribution in [1.29, 1.82) is 0 Å². The van der Waals surface area contributed by atoms with Crippen LogP contribution in [0.25, 0.3) is 0 Å². The smallest absolute Gasteiger partial charge is 0.191 e. The highest BCUT2D eigenvalue weighted by Crippen LogP contribution is 2.40. The van der Waals surface area contributed by atoms with Crippen molar-refractivity contribution in [2.24, 2.45) is 10.4 Å². The summed E-state index contributed by atoms with van der Waals surface area (Å²) in [7, 11) is -3.15. The number of hydrogen-bond donors (Lipinski definition) is 2. The first-order valence-corrected chi connectivity index (χ1v) is 11.1. The van der Waals surface area contributed by atoms with Gasteiger partial charge in [-0.05, 0) is 49.3 Å². The number of benzene rings is 1.